The molecule has 0 saturated carbocycles. The molecular formula is C18H27N7O. The van der Waals surface area contributed by atoms with Crippen molar-refractivity contribution in [2.75, 3.05) is 26.2 Å². The zero-order chi connectivity index (χ0) is 18.4. The number of hydrogen-bond donors (Lipinski definition) is 1. The molecule has 3 rings (SSSR count). The molecule has 1 atom stereocenters. The molecule has 0 aliphatic carbocycles. The second-order valence-electron chi connectivity index (χ2n) is 6.49. The average molecular weight is 357 g/mol. The van der Waals surface area contributed by atoms with Crippen molar-refractivity contribution in [2.24, 2.45) is 0 Å². The number of carbonyl (C=O) groups excluding carboxylic acids is 1. The van der Waals surface area contributed by atoms with Crippen molar-refractivity contribution in [3.05, 3.63) is 24.4 Å². The summed E-state index contributed by atoms with van der Waals surface area (Å²) in [6, 6.07) is 0. The van der Waals surface area contributed by atoms with E-state index in [1.165, 1.54) is 0 Å². The first kappa shape index (κ1) is 18.4. The summed E-state index contributed by atoms with van der Waals surface area (Å²) in [7, 11) is 0. The highest BCUT2D eigenvalue weighted by atomic mass is 16.1. The fraction of sp³-hybridized carbons (Fsp3) is 0.611. The van der Waals surface area contributed by atoms with Crippen LogP contribution in [-0.4, -0.2) is 61.7 Å². The van der Waals surface area contributed by atoms with Crippen molar-refractivity contribution in [3.63, 3.8) is 0 Å². The van der Waals surface area contributed by atoms with Gasteiger partial charge in [-0.15, -0.1) is 10.2 Å². The Labute approximate surface area is 154 Å². The van der Waals surface area contributed by atoms with Crippen molar-refractivity contribution in [3.8, 4) is 11.5 Å². The van der Waals surface area contributed by atoms with Crippen LogP contribution in [0, 0.1) is 0 Å². The monoisotopic (exact) mass is 357 g/mol. The Balaban J connectivity index is 1.63. The molecule has 1 aliphatic heterocycles. The Hall–Kier alpha value is -2.35. The van der Waals surface area contributed by atoms with E-state index in [4.69, 9.17) is 0 Å². The van der Waals surface area contributed by atoms with Crippen LogP contribution in [0.2, 0.25) is 0 Å². The highest BCUT2D eigenvalue weighted by Crippen LogP contribution is 2.29. The molecule has 3 heterocycles. The number of hydrogen-bond acceptors (Lipinski definition) is 6. The molecule has 0 aromatic carbocycles. The maximum absolute atomic E-state index is 12.7. The Kier molecular flexibility index (Phi) is 6.27. The van der Waals surface area contributed by atoms with Gasteiger partial charge < -0.3 is 14.8 Å². The molecule has 0 saturated heterocycles. The summed E-state index contributed by atoms with van der Waals surface area (Å²) < 4.78 is 2.01. The maximum atomic E-state index is 12.7. The molecule has 2 aromatic rings. The van der Waals surface area contributed by atoms with Gasteiger partial charge in [0.25, 0.3) is 0 Å². The predicted molar refractivity (Wildman–Crippen MR) is 98.4 cm³/mol. The fourth-order valence-electron chi connectivity index (χ4n) is 3.41. The second kappa shape index (κ2) is 8.84. The second-order valence-corrected chi connectivity index (χ2v) is 6.49. The first-order chi connectivity index (χ1) is 12.7. The lowest BCUT2D eigenvalue weighted by Gasteiger charge is -2.23. The molecule has 0 bridgehead atoms. The Morgan fingerprint density at radius 3 is 2.88 bits per heavy atom. The summed E-state index contributed by atoms with van der Waals surface area (Å²) in [5.41, 5.74) is 0.687. The quantitative estimate of drug-likeness (QED) is 0.720. The highest BCUT2D eigenvalue weighted by molar-refractivity contribution is 5.83. The van der Waals surface area contributed by atoms with E-state index in [-0.39, 0.29) is 11.8 Å². The van der Waals surface area contributed by atoms with Crippen molar-refractivity contribution >= 4 is 5.91 Å². The van der Waals surface area contributed by atoms with Crippen molar-refractivity contribution in [2.45, 2.75) is 45.6 Å². The van der Waals surface area contributed by atoms with E-state index < -0.39 is 0 Å². The first-order valence-corrected chi connectivity index (χ1v) is 9.44. The minimum Gasteiger partial charge on any atom is -0.355 e. The van der Waals surface area contributed by atoms with Gasteiger partial charge in [0.15, 0.2) is 5.82 Å². The van der Waals surface area contributed by atoms with Crippen LogP contribution in [0.25, 0.3) is 11.5 Å². The molecule has 8 heteroatoms. The number of carbonyl (C=O) groups is 1. The third kappa shape index (κ3) is 4.07. The Morgan fingerprint density at radius 2 is 2.15 bits per heavy atom. The van der Waals surface area contributed by atoms with Crippen LogP contribution >= 0.6 is 0 Å². The number of amides is 1. The van der Waals surface area contributed by atoms with Gasteiger partial charge in [-0.05, 0) is 38.9 Å². The van der Waals surface area contributed by atoms with Gasteiger partial charge in [0.1, 0.15) is 11.5 Å². The van der Waals surface area contributed by atoms with E-state index in [1.807, 2.05) is 4.57 Å². The summed E-state index contributed by atoms with van der Waals surface area (Å²) in [5, 5.41) is 11.6. The molecule has 140 valence electrons. The predicted octanol–water partition coefficient (Wildman–Crippen LogP) is 1.46. The Bertz CT molecular complexity index is 712. The van der Waals surface area contributed by atoms with Crippen LogP contribution in [0.15, 0.2) is 18.6 Å². The third-order valence-corrected chi connectivity index (χ3v) is 4.92. The molecule has 8 nitrogen and oxygen atoms in total. The smallest absolute Gasteiger partial charge is 0.230 e. The van der Waals surface area contributed by atoms with Gasteiger partial charge >= 0.3 is 0 Å². The number of aromatic nitrogens is 5. The lowest BCUT2D eigenvalue weighted by atomic mass is 9.97. The van der Waals surface area contributed by atoms with E-state index in [0.717, 1.165) is 51.3 Å². The number of nitrogens with one attached hydrogen (secondary N) is 1. The minimum absolute atomic E-state index is 0.0450. The molecule has 0 spiro atoms. The number of fused-ring (bicyclic) bond motifs is 1. The van der Waals surface area contributed by atoms with Gasteiger partial charge in [0.05, 0.1) is 12.1 Å². The summed E-state index contributed by atoms with van der Waals surface area (Å²) >= 11 is 0. The molecule has 1 unspecified atom stereocenters. The molecule has 1 N–H and O–H groups in total. The van der Waals surface area contributed by atoms with Gasteiger partial charge in [-0.1, -0.05) is 13.8 Å². The van der Waals surface area contributed by atoms with Crippen molar-refractivity contribution in [1.29, 1.82) is 0 Å². The first-order valence-electron chi connectivity index (χ1n) is 9.44. The minimum atomic E-state index is -0.241. The highest BCUT2D eigenvalue weighted by Gasteiger charge is 2.31. The van der Waals surface area contributed by atoms with Gasteiger partial charge in [-0.25, -0.2) is 4.98 Å². The van der Waals surface area contributed by atoms with E-state index in [1.54, 1.807) is 18.6 Å². The summed E-state index contributed by atoms with van der Waals surface area (Å²) in [4.78, 5) is 23.4. The van der Waals surface area contributed by atoms with Crippen LogP contribution in [0.3, 0.4) is 0 Å². The Morgan fingerprint density at radius 1 is 1.31 bits per heavy atom. The van der Waals surface area contributed by atoms with Crippen LogP contribution in [0.5, 0.6) is 0 Å². The van der Waals surface area contributed by atoms with Gasteiger partial charge in [0.2, 0.25) is 5.91 Å². The van der Waals surface area contributed by atoms with Gasteiger partial charge in [-0.2, -0.15) is 0 Å². The molecule has 1 amide bonds. The summed E-state index contributed by atoms with van der Waals surface area (Å²) in [6.07, 6.45) is 7.63. The van der Waals surface area contributed by atoms with E-state index in [9.17, 15) is 4.79 Å². The van der Waals surface area contributed by atoms with Crippen LogP contribution < -0.4 is 5.32 Å². The maximum Gasteiger partial charge on any atom is 0.230 e. The van der Waals surface area contributed by atoms with Crippen molar-refractivity contribution < 1.29 is 4.79 Å². The van der Waals surface area contributed by atoms with Crippen LogP contribution in [0.4, 0.5) is 0 Å². The standard InChI is InChI=1S/C18H27N7O/c1-3-24(4-2)11-6-8-21-18(26)14-7-5-12-25-16(14)22-23-17(25)15-13-19-9-10-20-15/h9-10,13-14H,3-8,11-12H2,1-2H3,(H,21,26). The molecule has 2 aromatic heterocycles. The zero-order valence-electron chi connectivity index (χ0n) is 15.6. The summed E-state index contributed by atoms with van der Waals surface area (Å²) in [5.74, 6) is 1.23. The summed E-state index contributed by atoms with van der Waals surface area (Å²) in [6.45, 7) is 8.90. The van der Waals surface area contributed by atoms with Crippen molar-refractivity contribution in [1.82, 2.24) is 34.9 Å². The lowest BCUT2D eigenvalue weighted by Crippen LogP contribution is -2.35. The number of nitrogens with zero attached hydrogens (tertiary/aromatic N) is 6. The zero-order valence-corrected chi connectivity index (χ0v) is 15.6. The molecule has 1 aliphatic rings. The van der Waals surface area contributed by atoms with E-state index in [2.05, 4.69) is 44.2 Å². The average Bonchev–Trinajstić information content (AvgIpc) is 3.13. The van der Waals surface area contributed by atoms with E-state index >= 15 is 0 Å². The molecule has 0 radical (unpaired) electrons. The molecule has 0 fully saturated rings. The molecule has 26 heavy (non-hydrogen) atoms. The normalized spacial score (nSPS) is 16.5. The van der Waals surface area contributed by atoms with Crippen LogP contribution in [-0.2, 0) is 11.3 Å². The SMILES string of the molecule is CCN(CC)CCCNC(=O)C1CCCn2c(-c3cnccn3)nnc21. The van der Waals surface area contributed by atoms with Gasteiger partial charge in [-0.3, -0.25) is 9.78 Å². The fourth-order valence-corrected chi connectivity index (χ4v) is 3.41. The number of rotatable bonds is 8. The largest absolute Gasteiger partial charge is 0.355 e. The lowest BCUT2D eigenvalue weighted by molar-refractivity contribution is -0.123. The van der Waals surface area contributed by atoms with E-state index in [0.29, 0.717) is 18.1 Å². The molecular weight excluding hydrogens is 330 g/mol. The van der Waals surface area contributed by atoms with Gasteiger partial charge in [0, 0.05) is 25.5 Å². The van der Waals surface area contributed by atoms with Crippen LogP contribution in [0.1, 0.15) is 44.9 Å². The topological polar surface area (TPSA) is 88.8 Å². The third-order valence-electron chi connectivity index (χ3n) is 4.92.